The fourth-order valence-corrected chi connectivity index (χ4v) is 2.13. The van der Waals surface area contributed by atoms with Crippen LogP contribution in [0.5, 0.6) is 5.75 Å². The Bertz CT molecular complexity index is 346. The van der Waals surface area contributed by atoms with Gasteiger partial charge in [-0.2, -0.15) is 0 Å². The second kappa shape index (κ2) is 8.98. The van der Waals surface area contributed by atoms with E-state index in [1.54, 1.807) is 7.11 Å². The molecule has 0 aliphatic rings. The van der Waals surface area contributed by atoms with Crippen LogP contribution in [0.1, 0.15) is 27.2 Å². The molecule has 114 valence electrons. The van der Waals surface area contributed by atoms with Crippen molar-refractivity contribution in [1.29, 1.82) is 0 Å². The van der Waals surface area contributed by atoms with Gasteiger partial charge in [-0.3, -0.25) is 0 Å². The SMILES string of the molecule is COCCNCC(CCOc1ccccc1)C(C)(C)C. The zero-order valence-corrected chi connectivity index (χ0v) is 13.3. The highest BCUT2D eigenvalue weighted by Crippen LogP contribution is 2.28. The molecule has 3 nitrogen and oxygen atoms in total. The Morgan fingerprint density at radius 3 is 2.40 bits per heavy atom. The van der Waals surface area contributed by atoms with E-state index < -0.39 is 0 Å². The van der Waals surface area contributed by atoms with Crippen LogP contribution in [0.2, 0.25) is 0 Å². The molecule has 0 amide bonds. The van der Waals surface area contributed by atoms with Gasteiger partial charge in [0.05, 0.1) is 13.2 Å². The number of ether oxygens (including phenoxy) is 2. The Morgan fingerprint density at radius 2 is 1.80 bits per heavy atom. The van der Waals surface area contributed by atoms with Gasteiger partial charge in [0, 0.05) is 13.7 Å². The van der Waals surface area contributed by atoms with Gasteiger partial charge in [-0.15, -0.1) is 0 Å². The second-order valence-corrected chi connectivity index (χ2v) is 6.21. The fourth-order valence-electron chi connectivity index (χ4n) is 2.13. The summed E-state index contributed by atoms with van der Waals surface area (Å²) >= 11 is 0. The maximum Gasteiger partial charge on any atom is 0.119 e. The van der Waals surface area contributed by atoms with Crippen LogP contribution < -0.4 is 10.1 Å². The predicted molar refractivity (Wildman–Crippen MR) is 84.2 cm³/mol. The van der Waals surface area contributed by atoms with Crippen LogP contribution in [0, 0.1) is 11.3 Å². The van der Waals surface area contributed by atoms with E-state index in [1.165, 1.54) is 0 Å². The summed E-state index contributed by atoms with van der Waals surface area (Å²) in [5, 5.41) is 3.46. The third kappa shape index (κ3) is 6.92. The van der Waals surface area contributed by atoms with E-state index in [4.69, 9.17) is 9.47 Å². The smallest absolute Gasteiger partial charge is 0.119 e. The highest BCUT2D eigenvalue weighted by Gasteiger charge is 2.24. The van der Waals surface area contributed by atoms with E-state index in [9.17, 15) is 0 Å². The summed E-state index contributed by atoms with van der Waals surface area (Å²) in [6.45, 7) is 10.3. The lowest BCUT2D eigenvalue weighted by atomic mass is 9.79. The van der Waals surface area contributed by atoms with E-state index >= 15 is 0 Å². The Morgan fingerprint density at radius 1 is 1.10 bits per heavy atom. The molecule has 0 radical (unpaired) electrons. The molecule has 0 spiro atoms. The maximum atomic E-state index is 5.81. The van der Waals surface area contributed by atoms with Crippen molar-refractivity contribution in [2.24, 2.45) is 11.3 Å². The minimum absolute atomic E-state index is 0.278. The Kier molecular flexibility index (Phi) is 7.63. The maximum absolute atomic E-state index is 5.81. The lowest BCUT2D eigenvalue weighted by Gasteiger charge is -2.31. The number of para-hydroxylation sites is 1. The zero-order valence-electron chi connectivity index (χ0n) is 13.3. The van der Waals surface area contributed by atoms with Crippen LogP contribution in [0.25, 0.3) is 0 Å². The predicted octanol–water partition coefficient (Wildman–Crippen LogP) is 3.35. The molecule has 1 atom stereocenters. The average Bonchev–Trinajstić information content (AvgIpc) is 2.41. The van der Waals surface area contributed by atoms with Crippen molar-refractivity contribution in [3.8, 4) is 5.75 Å². The summed E-state index contributed by atoms with van der Waals surface area (Å²) in [6, 6.07) is 10.0. The molecule has 0 aliphatic heterocycles. The summed E-state index contributed by atoms with van der Waals surface area (Å²) in [5.74, 6) is 1.54. The lowest BCUT2D eigenvalue weighted by molar-refractivity contribution is 0.166. The molecule has 3 heteroatoms. The van der Waals surface area contributed by atoms with Crippen LogP contribution in [0.4, 0.5) is 0 Å². The Labute approximate surface area is 123 Å². The van der Waals surface area contributed by atoms with Crippen LogP contribution >= 0.6 is 0 Å². The van der Waals surface area contributed by atoms with Crippen molar-refractivity contribution >= 4 is 0 Å². The molecule has 1 rings (SSSR count). The number of benzene rings is 1. The van der Waals surface area contributed by atoms with Gasteiger partial charge in [0.2, 0.25) is 0 Å². The quantitative estimate of drug-likeness (QED) is 0.703. The zero-order chi connectivity index (χ0) is 14.8. The van der Waals surface area contributed by atoms with Gasteiger partial charge in [-0.05, 0) is 36.4 Å². The highest BCUT2D eigenvalue weighted by atomic mass is 16.5. The summed E-state index contributed by atoms with van der Waals surface area (Å²) in [7, 11) is 1.73. The molecule has 0 aromatic heterocycles. The number of hydrogen-bond donors (Lipinski definition) is 1. The molecule has 1 aromatic rings. The number of methoxy groups -OCH3 is 1. The largest absolute Gasteiger partial charge is 0.494 e. The minimum atomic E-state index is 0.278. The van der Waals surface area contributed by atoms with Crippen LogP contribution in [-0.2, 0) is 4.74 Å². The molecule has 0 bridgehead atoms. The number of nitrogens with one attached hydrogen (secondary N) is 1. The van der Waals surface area contributed by atoms with Crippen molar-refractivity contribution in [3.63, 3.8) is 0 Å². The van der Waals surface area contributed by atoms with Crippen molar-refractivity contribution in [2.75, 3.05) is 33.4 Å². The molecule has 0 fully saturated rings. The van der Waals surface area contributed by atoms with Gasteiger partial charge in [0.1, 0.15) is 5.75 Å². The fraction of sp³-hybridized carbons (Fsp3) is 0.647. The van der Waals surface area contributed by atoms with Gasteiger partial charge in [0.25, 0.3) is 0 Å². The molecule has 0 saturated carbocycles. The first-order chi connectivity index (χ1) is 9.54. The summed E-state index contributed by atoms with van der Waals surface area (Å²) in [6.07, 6.45) is 1.05. The summed E-state index contributed by atoms with van der Waals surface area (Å²) < 4.78 is 10.9. The van der Waals surface area contributed by atoms with Gasteiger partial charge < -0.3 is 14.8 Å². The van der Waals surface area contributed by atoms with E-state index in [0.717, 1.165) is 38.5 Å². The number of hydrogen-bond acceptors (Lipinski definition) is 3. The van der Waals surface area contributed by atoms with Crippen molar-refractivity contribution in [1.82, 2.24) is 5.32 Å². The lowest BCUT2D eigenvalue weighted by Crippen LogP contribution is -2.34. The molecular formula is C17H29NO2. The standard InChI is InChI=1S/C17H29NO2/c1-17(2,3)15(14-18-11-13-19-4)10-12-20-16-8-6-5-7-9-16/h5-9,15,18H,10-14H2,1-4H3. The molecule has 1 aromatic carbocycles. The Hall–Kier alpha value is -1.06. The Balaban J connectivity index is 2.33. The van der Waals surface area contributed by atoms with E-state index in [1.807, 2.05) is 30.3 Å². The normalized spacial score (nSPS) is 13.2. The minimum Gasteiger partial charge on any atom is -0.494 e. The average molecular weight is 279 g/mol. The van der Waals surface area contributed by atoms with E-state index in [-0.39, 0.29) is 5.41 Å². The summed E-state index contributed by atoms with van der Waals surface area (Å²) in [5.41, 5.74) is 0.278. The first-order valence-corrected chi connectivity index (χ1v) is 7.41. The van der Waals surface area contributed by atoms with Gasteiger partial charge in [-0.25, -0.2) is 0 Å². The molecular weight excluding hydrogens is 250 g/mol. The van der Waals surface area contributed by atoms with Gasteiger partial charge in [0.15, 0.2) is 0 Å². The van der Waals surface area contributed by atoms with E-state index in [0.29, 0.717) is 5.92 Å². The molecule has 0 saturated heterocycles. The first kappa shape index (κ1) is 17.0. The van der Waals surface area contributed by atoms with E-state index in [2.05, 4.69) is 26.1 Å². The van der Waals surface area contributed by atoms with Gasteiger partial charge >= 0.3 is 0 Å². The molecule has 0 aliphatic carbocycles. The van der Waals surface area contributed by atoms with Crippen molar-refractivity contribution in [3.05, 3.63) is 30.3 Å². The third-order valence-corrected chi connectivity index (χ3v) is 3.58. The molecule has 20 heavy (non-hydrogen) atoms. The molecule has 0 heterocycles. The molecule has 1 unspecified atom stereocenters. The second-order valence-electron chi connectivity index (χ2n) is 6.21. The van der Waals surface area contributed by atoms with Crippen molar-refractivity contribution < 1.29 is 9.47 Å². The van der Waals surface area contributed by atoms with Crippen molar-refractivity contribution in [2.45, 2.75) is 27.2 Å². The first-order valence-electron chi connectivity index (χ1n) is 7.41. The summed E-state index contributed by atoms with van der Waals surface area (Å²) in [4.78, 5) is 0. The monoisotopic (exact) mass is 279 g/mol. The van der Waals surface area contributed by atoms with Crippen LogP contribution in [0.3, 0.4) is 0 Å². The third-order valence-electron chi connectivity index (χ3n) is 3.58. The van der Waals surface area contributed by atoms with Crippen LogP contribution in [-0.4, -0.2) is 33.4 Å². The molecule has 1 N–H and O–H groups in total. The van der Waals surface area contributed by atoms with Gasteiger partial charge in [-0.1, -0.05) is 39.0 Å². The van der Waals surface area contributed by atoms with Crippen LogP contribution in [0.15, 0.2) is 30.3 Å². The number of rotatable bonds is 9. The topological polar surface area (TPSA) is 30.5 Å². The highest BCUT2D eigenvalue weighted by molar-refractivity contribution is 5.20.